The van der Waals surface area contributed by atoms with Crippen molar-refractivity contribution >= 4 is 5.91 Å². The number of amides is 1. The van der Waals surface area contributed by atoms with Gasteiger partial charge in [-0.05, 0) is 44.9 Å². The van der Waals surface area contributed by atoms with Crippen LogP contribution in [0.5, 0.6) is 0 Å². The van der Waals surface area contributed by atoms with Crippen molar-refractivity contribution in [3.8, 4) is 5.69 Å². The fourth-order valence-electron chi connectivity index (χ4n) is 3.08. The average molecular weight is 367 g/mol. The van der Waals surface area contributed by atoms with E-state index in [0.717, 1.165) is 25.0 Å². The van der Waals surface area contributed by atoms with Crippen LogP contribution < -0.4 is 5.32 Å². The highest BCUT2D eigenvalue weighted by Crippen LogP contribution is 2.30. The minimum Gasteiger partial charge on any atom is -0.376 e. The molecule has 26 heavy (non-hydrogen) atoms. The summed E-state index contributed by atoms with van der Waals surface area (Å²) in [5.41, 5.74) is 0.292. The second-order valence-corrected chi connectivity index (χ2v) is 6.42. The molecule has 0 saturated carbocycles. The van der Waals surface area contributed by atoms with Crippen LogP contribution in [0.3, 0.4) is 0 Å². The first-order chi connectivity index (χ1) is 12.3. The van der Waals surface area contributed by atoms with Crippen LogP contribution in [-0.4, -0.2) is 34.4 Å². The van der Waals surface area contributed by atoms with Crippen LogP contribution >= 0.6 is 0 Å². The number of alkyl halides is 3. The molecule has 1 amide bonds. The maximum absolute atomic E-state index is 12.9. The van der Waals surface area contributed by atoms with E-state index in [9.17, 15) is 18.0 Å². The summed E-state index contributed by atoms with van der Waals surface area (Å²) in [6.07, 6.45) is -1.22. The molecule has 0 radical (unpaired) electrons. The monoisotopic (exact) mass is 367 g/mol. The molecule has 2 aromatic rings. The minimum absolute atomic E-state index is 0.0160. The summed E-state index contributed by atoms with van der Waals surface area (Å²) >= 11 is 0. The standard InChI is InChI=1S/C18H20F3N3O2/c1-11(16-7-4-8-26-16)23-17(25)15-10-22-24(12(15)2)14-6-3-5-13(9-14)18(19,20)21/h3,5-6,9-11,16H,4,7-8H2,1-2H3,(H,23,25)/t11-,16+/m0/s1. The first kappa shape index (κ1) is 18.4. The second kappa shape index (κ2) is 7.11. The third-order valence-corrected chi connectivity index (χ3v) is 4.55. The molecule has 2 heterocycles. The van der Waals surface area contributed by atoms with Gasteiger partial charge in [-0.15, -0.1) is 0 Å². The molecule has 2 atom stereocenters. The molecule has 1 aliphatic rings. The third kappa shape index (κ3) is 3.75. The number of halogens is 3. The summed E-state index contributed by atoms with van der Waals surface area (Å²) in [4.78, 5) is 12.5. The molecular weight excluding hydrogens is 347 g/mol. The molecule has 8 heteroatoms. The van der Waals surface area contributed by atoms with Crippen LogP contribution in [0.4, 0.5) is 13.2 Å². The van der Waals surface area contributed by atoms with Crippen LogP contribution in [0.2, 0.25) is 0 Å². The van der Waals surface area contributed by atoms with Gasteiger partial charge in [-0.1, -0.05) is 6.07 Å². The number of nitrogens with zero attached hydrogens (tertiary/aromatic N) is 2. The molecule has 1 aromatic heterocycles. The number of aromatic nitrogens is 2. The number of hydrogen-bond acceptors (Lipinski definition) is 3. The summed E-state index contributed by atoms with van der Waals surface area (Å²) < 4.78 is 45.6. The Morgan fingerprint density at radius 1 is 1.42 bits per heavy atom. The lowest BCUT2D eigenvalue weighted by Gasteiger charge is -2.19. The highest BCUT2D eigenvalue weighted by atomic mass is 19.4. The van der Waals surface area contributed by atoms with Gasteiger partial charge in [0.1, 0.15) is 0 Å². The van der Waals surface area contributed by atoms with Crippen molar-refractivity contribution in [1.82, 2.24) is 15.1 Å². The number of rotatable bonds is 4. The van der Waals surface area contributed by atoms with E-state index in [1.165, 1.54) is 23.0 Å². The van der Waals surface area contributed by atoms with Gasteiger partial charge in [-0.2, -0.15) is 18.3 Å². The lowest BCUT2D eigenvalue weighted by molar-refractivity contribution is -0.137. The first-order valence-corrected chi connectivity index (χ1v) is 8.42. The number of benzene rings is 1. The van der Waals surface area contributed by atoms with E-state index in [4.69, 9.17) is 4.74 Å². The van der Waals surface area contributed by atoms with Crippen molar-refractivity contribution < 1.29 is 22.7 Å². The topological polar surface area (TPSA) is 56.1 Å². The van der Waals surface area contributed by atoms with Gasteiger partial charge in [0.15, 0.2) is 0 Å². The minimum atomic E-state index is -4.44. The average Bonchev–Trinajstić information content (AvgIpc) is 3.23. The zero-order chi connectivity index (χ0) is 18.9. The van der Waals surface area contributed by atoms with Crippen molar-refractivity contribution in [1.29, 1.82) is 0 Å². The predicted octanol–water partition coefficient (Wildman–Crippen LogP) is 3.50. The molecule has 5 nitrogen and oxygen atoms in total. The van der Waals surface area contributed by atoms with Gasteiger partial charge >= 0.3 is 6.18 Å². The van der Waals surface area contributed by atoms with Crippen LogP contribution in [-0.2, 0) is 10.9 Å². The van der Waals surface area contributed by atoms with Gasteiger partial charge < -0.3 is 10.1 Å². The third-order valence-electron chi connectivity index (χ3n) is 4.55. The smallest absolute Gasteiger partial charge is 0.376 e. The van der Waals surface area contributed by atoms with E-state index < -0.39 is 11.7 Å². The van der Waals surface area contributed by atoms with Gasteiger partial charge in [-0.25, -0.2) is 4.68 Å². The molecule has 0 aliphatic carbocycles. The van der Waals surface area contributed by atoms with Crippen molar-refractivity contribution in [2.75, 3.05) is 6.61 Å². The zero-order valence-corrected chi connectivity index (χ0v) is 14.5. The summed E-state index contributed by atoms with van der Waals surface area (Å²) in [7, 11) is 0. The second-order valence-electron chi connectivity index (χ2n) is 6.42. The largest absolute Gasteiger partial charge is 0.416 e. The maximum Gasteiger partial charge on any atom is 0.416 e. The highest BCUT2D eigenvalue weighted by Gasteiger charge is 2.31. The number of carbonyl (C=O) groups excluding carboxylic acids is 1. The molecule has 0 bridgehead atoms. The summed E-state index contributed by atoms with van der Waals surface area (Å²) in [6, 6.07) is 4.70. The number of nitrogens with one attached hydrogen (secondary N) is 1. The van der Waals surface area contributed by atoms with E-state index >= 15 is 0 Å². The van der Waals surface area contributed by atoms with Crippen molar-refractivity contribution in [2.45, 2.75) is 45.0 Å². The SMILES string of the molecule is Cc1c(C(=O)N[C@@H](C)[C@H]2CCCO2)cnn1-c1cccc(C(F)(F)F)c1. The normalized spacial score (nSPS) is 18.7. The fraction of sp³-hybridized carbons (Fsp3) is 0.444. The van der Waals surface area contributed by atoms with E-state index in [0.29, 0.717) is 17.9 Å². The van der Waals surface area contributed by atoms with Crippen LogP contribution in [0, 0.1) is 6.92 Å². The number of carbonyl (C=O) groups is 1. The van der Waals surface area contributed by atoms with Crippen LogP contribution in [0.15, 0.2) is 30.5 Å². The van der Waals surface area contributed by atoms with Gasteiger partial charge in [0, 0.05) is 6.61 Å². The van der Waals surface area contributed by atoms with Gasteiger partial charge in [-0.3, -0.25) is 4.79 Å². The van der Waals surface area contributed by atoms with E-state index in [-0.39, 0.29) is 23.7 Å². The summed E-state index contributed by atoms with van der Waals surface area (Å²) in [5.74, 6) is -0.316. The van der Waals surface area contributed by atoms with Gasteiger partial charge in [0.25, 0.3) is 5.91 Å². The Morgan fingerprint density at radius 2 is 2.19 bits per heavy atom. The predicted molar refractivity (Wildman–Crippen MR) is 89.2 cm³/mol. The maximum atomic E-state index is 12.9. The Kier molecular flexibility index (Phi) is 5.04. The number of ether oxygens (including phenoxy) is 1. The summed E-state index contributed by atoms with van der Waals surface area (Å²) in [6.45, 7) is 4.22. The molecule has 0 unspecified atom stereocenters. The van der Waals surface area contributed by atoms with E-state index in [2.05, 4.69) is 10.4 Å². The first-order valence-electron chi connectivity index (χ1n) is 8.42. The van der Waals surface area contributed by atoms with Gasteiger partial charge in [0.2, 0.25) is 0 Å². The van der Waals surface area contributed by atoms with Gasteiger partial charge in [0.05, 0.1) is 40.9 Å². The molecule has 140 valence electrons. The van der Waals surface area contributed by atoms with Crippen LogP contribution in [0.25, 0.3) is 5.69 Å². The Labute approximate surface area is 149 Å². The van der Waals surface area contributed by atoms with Crippen LogP contribution in [0.1, 0.15) is 41.4 Å². The zero-order valence-electron chi connectivity index (χ0n) is 14.5. The fourth-order valence-corrected chi connectivity index (χ4v) is 3.08. The quantitative estimate of drug-likeness (QED) is 0.900. The molecule has 3 rings (SSSR count). The van der Waals surface area contributed by atoms with E-state index in [1.807, 2.05) is 6.92 Å². The van der Waals surface area contributed by atoms with Crippen molar-refractivity contribution in [3.63, 3.8) is 0 Å². The molecule has 1 saturated heterocycles. The Bertz CT molecular complexity index is 795. The molecule has 1 aliphatic heterocycles. The Balaban J connectivity index is 1.80. The molecule has 1 N–H and O–H groups in total. The summed E-state index contributed by atoms with van der Waals surface area (Å²) in [5, 5.41) is 6.97. The molecule has 1 fully saturated rings. The van der Waals surface area contributed by atoms with E-state index in [1.54, 1.807) is 6.92 Å². The van der Waals surface area contributed by atoms with Crippen molar-refractivity contribution in [3.05, 3.63) is 47.3 Å². The van der Waals surface area contributed by atoms with Crippen molar-refractivity contribution in [2.24, 2.45) is 0 Å². The molecule has 0 spiro atoms. The molecule has 1 aromatic carbocycles. The Hall–Kier alpha value is -2.35. The Morgan fingerprint density at radius 3 is 2.85 bits per heavy atom. The highest BCUT2D eigenvalue weighted by molar-refractivity contribution is 5.95. The number of hydrogen-bond donors (Lipinski definition) is 1. The molecular formula is C18H20F3N3O2. The lowest BCUT2D eigenvalue weighted by Crippen LogP contribution is -2.40. The lowest BCUT2D eigenvalue weighted by atomic mass is 10.1.